The molecule has 3 nitrogen and oxygen atoms in total. The summed E-state index contributed by atoms with van der Waals surface area (Å²) in [4.78, 5) is 2.28. The van der Waals surface area contributed by atoms with E-state index in [1.54, 1.807) is 18.2 Å². The Morgan fingerprint density at radius 1 is 0.885 bits per heavy atom. The minimum atomic E-state index is -0.244. The van der Waals surface area contributed by atoms with Crippen LogP contribution in [0.15, 0.2) is 66.7 Å². The second kappa shape index (κ2) is 6.71. The summed E-state index contributed by atoms with van der Waals surface area (Å²) in [6, 6.07) is 19.4. The van der Waals surface area contributed by atoms with Crippen molar-refractivity contribution in [3.63, 3.8) is 0 Å². The van der Waals surface area contributed by atoms with Gasteiger partial charge in [0.25, 0.3) is 0 Å². The zero-order chi connectivity index (χ0) is 18.1. The molecule has 4 heteroatoms. The molecule has 0 spiro atoms. The number of phenols is 2. The summed E-state index contributed by atoms with van der Waals surface area (Å²) < 4.78 is 13.3. The number of hydrogen-bond acceptors (Lipinski definition) is 3. The molecule has 1 heterocycles. The molecule has 1 aliphatic heterocycles. The monoisotopic (exact) mass is 349 g/mol. The van der Waals surface area contributed by atoms with Crippen LogP contribution in [-0.2, 0) is 12.8 Å². The summed E-state index contributed by atoms with van der Waals surface area (Å²) >= 11 is 0. The first kappa shape index (κ1) is 16.5. The van der Waals surface area contributed by atoms with Crippen LogP contribution in [0.5, 0.6) is 11.5 Å². The lowest BCUT2D eigenvalue weighted by atomic mass is 9.88. The molecule has 0 amide bonds. The summed E-state index contributed by atoms with van der Waals surface area (Å²) in [5.74, 6) is 0.284. The van der Waals surface area contributed by atoms with Gasteiger partial charge < -0.3 is 15.1 Å². The van der Waals surface area contributed by atoms with Crippen LogP contribution in [0.1, 0.15) is 22.7 Å². The first-order valence-corrected chi connectivity index (χ1v) is 8.72. The molecular formula is C22H20FNO2. The molecule has 0 saturated heterocycles. The summed E-state index contributed by atoms with van der Waals surface area (Å²) in [5, 5.41) is 19.4. The van der Waals surface area contributed by atoms with E-state index >= 15 is 0 Å². The average Bonchev–Trinajstić information content (AvgIpc) is 2.64. The van der Waals surface area contributed by atoms with E-state index in [9.17, 15) is 14.6 Å². The van der Waals surface area contributed by atoms with Gasteiger partial charge in [-0.05, 0) is 78.1 Å². The lowest BCUT2D eigenvalue weighted by molar-refractivity contribution is 0.471. The lowest BCUT2D eigenvalue weighted by Gasteiger charge is -2.39. The van der Waals surface area contributed by atoms with Gasteiger partial charge in [-0.15, -0.1) is 0 Å². The maximum atomic E-state index is 13.3. The van der Waals surface area contributed by atoms with Gasteiger partial charge in [0.2, 0.25) is 0 Å². The largest absolute Gasteiger partial charge is 0.508 e. The summed E-state index contributed by atoms with van der Waals surface area (Å²) in [6.07, 6.45) is 1.59. The molecule has 0 radical (unpaired) electrons. The standard InChI is InChI=1S/C22H20FNO2/c23-17-3-5-18(6-4-17)24-12-11-16-14-20(26)9-10-21(16)22(24)13-15-1-7-19(25)8-2-15/h1-10,14,22,25-26H,11-13H2. The predicted molar refractivity (Wildman–Crippen MR) is 100 cm³/mol. The molecule has 0 bridgehead atoms. The van der Waals surface area contributed by atoms with Gasteiger partial charge in [-0.25, -0.2) is 4.39 Å². The Labute approximate surface area is 152 Å². The highest BCUT2D eigenvalue weighted by Gasteiger charge is 2.28. The quantitative estimate of drug-likeness (QED) is 0.727. The molecule has 0 fully saturated rings. The van der Waals surface area contributed by atoms with Crippen LogP contribution in [0.4, 0.5) is 10.1 Å². The molecule has 1 atom stereocenters. The van der Waals surface area contributed by atoms with Crippen molar-refractivity contribution in [2.75, 3.05) is 11.4 Å². The summed E-state index contributed by atoms with van der Waals surface area (Å²) in [5.41, 5.74) is 4.41. The molecule has 0 aliphatic carbocycles. The van der Waals surface area contributed by atoms with Crippen LogP contribution in [-0.4, -0.2) is 16.8 Å². The van der Waals surface area contributed by atoms with Crippen molar-refractivity contribution in [1.82, 2.24) is 0 Å². The highest BCUT2D eigenvalue weighted by atomic mass is 19.1. The molecule has 3 aromatic rings. The Morgan fingerprint density at radius 3 is 2.31 bits per heavy atom. The van der Waals surface area contributed by atoms with Gasteiger partial charge in [0.1, 0.15) is 17.3 Å². The normalized spacial score (nSPS) is 16.3. The number of hydrogen-bond donors (Lipinski definition) is 2. The highest BCUT2D eigenvalue weighted by molar-refractivity contribution is 5.53. The molecule has 0 aromatic heterocycles. The van der Waals surface area contributed by atoms with E-state index in [0.29, 0.717) is 0 Å². The van der Waals surface area contributed by atoms with Crippen molar-refractivity contribution in [2.24, 2.45) is 0 Å². The smallest absolute Gasteiger partial charge is 0.123 e. The van der Waals surface area contributed by atoms with E-state index in [2.05, 4.69) is 4.90 Å². The number of nitrogens with zero attached hydrogens (tertiary/aromatic N) is 1. The van der Waals surface area contributed by atoms with E-state index in [-0.39, 0.29) is 23.4 Å². The van der Waals surface area contributed by atoms with Gasteiger partial charge in [-0.3, -0.25) is 0 Å². The van der Waals surface area contributed by atoms with Gasteiger partial charge in [-0.2, -0.15) is 0 Å². The van der Waals surface area contributed by atoms with Crippen molar-refractivity contribution in [2.45, 2.75) is 18.9 Å². The van der Waals surface area contributed by atoms with Crippen LogP contribution < -0.4 is 4.90 Å². The number of benzene rings is 3. The zero-order valence-electron chi connectivity index (χ0n) is 14.3. The van der Waals surface area contributed by atoms with Gasteiger partial charge in [0.05, 0.1) is 6.04 Å². The summed E-state index contributed by atoms with van der Waals surface area (Å²) in [7, 11) is 0. The molecule has 132 valence electrons. The lowest BCUT2D eigenvalue weighted by Crippen LogP contribution is -2.36. The minimum Gasteiger partial charge on any atom is -0.508 e. The Hall–Kier alpha value is -3.01. The number of phenolic OH excluding ortho intramolecular Hbond substituents is 2. The zero-order valence-corrected chi connectivity index (χ0v) is 14.3. The van der Waals surface area contributed by atoms with Crippen molar-refractivity contribution in [3.05, 3.63) is 89.2 Å². The van der Waals surface area contributed by atoms with Gasteiger partial charge >= 0.3 is 0 Å². The Bertz CT molecular complexity index is 906. The molecule has 4 rings (SSSR count). The van der Waals surface area contributed by atoms with E-state index in [1.165, 1.54) is 17.7 Å². The third kappa shape index (κ3) is 3.23. The number of fused-ring (bicyclic) bond motifs is 1. The molecule has 2 N–H and O–H groups in total. The van der Waals surface area contributed by atoms with Crippen molar-refractivity contribution in [3.8, 4) is 11.5 Å². The average molecular weight is 349 g/mol. The van der Waals surface area contributed by atoms with Crippen molar-refractivity contribution < 1.29 is 14.6 Å². The highest BCUT2D eigenvalue weighted by Crippen LogP contribution is 2.37. The van der Waals surface area contributed by atoms with Gasteiger partial charge in [-0.1, -0.05) is 18.2 Å². The SMILES string of the molecule is Oc1ccc(CC2c3ccc(O)cc3CCN2c2ccc(F)cc2)cc1. The first-order valence-electron chi connectivity index (χ1n) is 8.72. The van der Waals surface area contributed by atoms with Crippen molar-refractivity contribution >= 4 is 5.69 Å². The molecule has 0 saturated carbocycles. The Kier molecular flexibility index (Phi) is 4.25. The molecule has 26 heavy (non-hydrogen) atoms. The minimum absolute atomic E-state index is 0.0781. The number of halogens is 1. The van der Waals surface area contributed by atoms with Crippen molar-refractivity contribution in [1.29, 1.82) is 0 Å². The van der Waals surface area contributed by atoms with Crippen LogP contribution in [0.25, 0.3) is 0 Å². The third-order valence-corrected chi connectivity index (χ3v) is 5.01. The van der Waals surface area contributed by atoms with E-state index in [4.69, 9.17) is 0 Å². The Balaban J connectivity index is 1.74. The maximum Gasteiger partial charge on any atom is 0.123 e. The first-order chi connectivity index (χ1) is 12.6. The fourth-order valence-electron chi connectivity index (χ4n) is 3.72. The van der Waals surface area contributed by atoms with E-state index < -0.39 is 0 Å². The predicted octanol–water partition coefficient (Wildman–Crippen LogP) is 4.58. The fourth-order valence-corrected chi connectivity index (χ4v) is 3.72. The Morgan fingerprint density at radius 2 is 1.58 bits per heavy atom. The molecule has 3 aromatic carbocycles. The summed E-state index contributed by atoms with van der Waals surface area (Å²) in [6.45, 7) is 0.796. The van der Waals surface area contributed by atoms with Crippen LogP contribution in [0.3, 0.4) is 0 Å². The fraction of sp³-hybridized carbons (Fsp3) is 0.182. The van der Waals surface area contributed by atoms with Crippen LogP contribution in [0, 0.1) is 5.82 Å². The number of rotatable bonds is 3. The third-order valence-electron chi connectivity index (χ3n) is 5.01. The van der Waals surface area contributed by atoms with E-state index in [0.717, 1.165) is 36.2 Å². The molecule has 1 unspecified atom stereocenters. The number of aromatic hydroxyl groups is 2. The maximum absolute atomic E-state index is 13.3. The second-order valence-corrected chi connectivity index (χ2v) is 6.69. The molecule has 1 aliphatic rings. The van der Waals surface area contributed by atoms with E-state index in [1.807, 2.05) is 36.4 Å². The number of anilines is 1. The second-order valence-electron chi connectivity index (χ2n) is 6.69. The van der Waals surface area contributed by atoms with Crippen LogP contribution in [0.2, 0.25) is 0 Å². The van der Waals surface area contributed by atoms with Gasteiger partial charge in [0, 0.05) is 12.2 Å². The molecular weight excluding hydrogens is 329 g/mol. The van der Waals surface area contributed by atoms with Gasteiger partial charge in [0.15, 0.2) is 0 Å². The topological polar surface area (TPSA) is 43.7 Å². The van der Waals surface area contributed by atoms with Crippen LogP contribution >= 0.6 is 0 Å².